The van der Waals surface area contributed by atoms with Crippen LogP contribution in [-0.2, 0) is 9.53 Å². The minimum atomic E-state index is -0.106. The molecule has 0 aliphatic rings. The highest BCUT2D eigenvalue weighted by Gasteiger charge is 1.99. The van der Waals surface area contributed by atoms with Crippen molar-refractivity contribution in [1.29, 1.82) is 0 Å². The fourth-order valence-corrected chi connectivity index (χ4v) is 1.78. The number of allylic oxidation sites excluding steroid dienone is 1. The van der Waals surface area contributed by atoms with E-state index in [1.807, 2.05) is 6.92 Å². The molecule has 0 radical (unpaired) electrons. The van der Waals surface area contributed by atoms with Crippen LogP contribution in [0.5, 0.6) is 0 Å². The van der Waals surface area contributed by atoms with E-state index in [9.17, 15) is 4.79 Å². The van der Waals surface area contributed by atoms with Crippen molar-refractivity contribution >= 4 is 5.97 Å². The van der Waals surface area contributed by atoms with E-state index in [1.54, 1.807) is 6.08 Å². The second-order valence-electron chi connectivity index (χ2n) is 4.54. The number of ether oxygens (including phenoxy) is 1. The van der Waals surface area contributed by atoms with E-state index in [2.05, 4.69) is 6.92 Å². The molecule has 0 saturated heterocycles. The van der Waals surface area contributed by atoms with Crippen LogP contribution in [0.25, 0.3) is 0 Å². The van der Waals surface area contributed by atoms with Crippen molar-refractivity contribution in [2.24, 2.45) is 0 Å². The zero-order valence-corrected chi connectivity index (χ0v) is 11.5. The van der Waals surface area contributed by atoms with Crippen molar-refractivity contribution < 1.29 is 9.53 Å². The van der Waals surface area contributed by atoms with Crippen molar-refractivity contribution in [2.75, 3.05) is 0 Å². The molecular formula is C15H28O2. The molecule has 0 saturated carbocycles. The molecule has 0 atom stereocenters. The molecule has 0 rings (SSSR count). The summed E-state index contributed by atoms with van der Waals surface area (Å²) in [6.07, 6.45) is 15.2. The Morgan fingerprint density at radius 3 is 2.00 bits per heavy atom. The van der Waals surface area contributed by atoms with Gasteiger partial charge >= 0.3 is 5.97 Å². The average molecular weight is 240 g/mol. The van der Waals surface area contributed by atoms with Crippen LogP contribution < -0.4 is 0 Å². The Kier molecular flexibility index (Phi) is 12.7. The van der Waals surface area contributed by atoms with Crippen LogP contribution >= 0.6 is 0 Å². The lowest BCUT2D eigenvalue weighted by molar-refractivity contribution is -0.138. The number of unbranched alkanes of at least 4 members (excludes halogenated alkanes) is 8. The lowest BCUT2D eigenvalue weighted by Gasteiger charge is -2.01. The molecule has 2 heteroatoms. The first-order valence-corrected chi connectivity index (χ1v) is 7.12. The van der Waals surface area contributed by atoms with E-state index in [1.165, 1.54) is 51.2 Å². The van der Waals surface area contributed by atoms with E-state index in [0.717, 1.165) is 12.8 Å². The molecule has 0 N–H and O–H groups in total. The first-order chi connectivity index (χ1) is 8.31. The minimum Gasteiger partial charge on any atom is -0.435 e. The minimum absolute atomic E-state index is 0.106. The van der Waals surface area contributed by atoms with Gasteiger partial charge in [0.25, 0.3) is 0 Å². The third-order valence-corrected chi connectivity index (χ3v) is 2.82. The molecule has 0 aromatic heterocycles. The Balaban J connectivity index is 3.10. The third kappa shape index (κ3) is 13.1. The fraction of sp³-hybridized carbons (Fsp3) is 0.800. The molecule has 0 aromatic carbocycles. The Morgan fingerprint density at radius 2 is 1.47 bits per heavy atom. The second-order valence-corrected chi connectivity index (χ2v) is 4.54. The van der Waals surface area contributed by atoms with Crippen molar-refractivity contribution in [3.8, 4) is 0 Å². The number of rotatable bonds is 11. The molecule has 0 bridgehead atoms. The summed E-state index contributed by atoms with van der Waals surface area (Å²) in [5.41, 5.74) is 0. The van der Waals surface area contributed by atoms with E-state index < -0.39 is 0 Å². The highest BCUT2D eigenvalue weighted by molar-refractivity contribution is 5.69. The molecule has 0 aliphatic carbocycles. The first-order valence-electron chi connectivity index (χ1n) is 7.12. The van der Waals surface area contributed by atoms with Crippen molar-refractivity contribution in [3.63, 3.8) is 0 Å². The van der Waals surface area contributed by atoms with Gasteiger partial charge in [-0.05, 0) is 13.3 Å². The van der Waals surface area contributed by atoms with Crippen LogP contribution in [0.15, 0.2) is 12.3 Å². The lowest BCUT2D eigenvalue weighted by Crippen LogP contribution is -1.98. The van der Waals surface area contributed by atoms with Gasteiger partial charge < -0.3 is 4.74 Å². The predicted molar refractivity (Wildman–Crippen MR) is 72.8 cm³/mol. The quantitative estimate of drug-likeness (QED) is 0.289. The van der Waals surface area contributed by atoms with Crippen molar-refractivity contribution in [1.82, 2.24) is 0 Å². The molecule has 0 spiro atoms. The van der Waals surface area contributed by atoms with E-state index >= 15 is 0 Å². The van der Waals surface area contributed by atoms with Gasteiger partial charge in [0.1, 0.15) is 0 Å². The molecule has 2 nitrogen and oxygen atoms in total. The van der Waals surface area contributed by atoms with E-state index in [0.29, 0.717) is 6.42 Å². The van der Waals surface area contributed by atoms with Crippen LogP contribution in [0.2, 0.25) is 0 Å². The maximum absolute atomic E-state index is 11.1. The monoisotopic (exact) mass is 240 g/mol. The maximum atomic E-state index is 11.1. The Labute approximate surface area is 106 Å². The normalized spacial score (nSPS) is 10.9. The lowest BCUT2D eigenvalue weighted by atomic mass is 10.1. The van der Waals surface area contributed by atoms with Gasteiger partial charge in [0.15, 0.2) is 0 Å². The molecule has 100 valence electrons. The zero-order chi connectivity index (χ0) is 12.8. The van der Waals surface area contributed by atoms with Gasteiger partial charge in [0.05, 0.1) is 6.26 Å². The molecule has 17 heavy (non-hydrogen) atoms. The van der Waals surface area contributed by atoms with Gasteiger partial charge in [0.2, 0.25) is 0 Å². The molecule has 0 aliphatic heterocycles. The van der Waals surface area contributed by atoms with Gasteiger partial charge in [-0.2, -0.15) is 0 Å². The largest absolute Gasteiger partial charge is 0.435 e. The van der Waals surface area contributed by atoms with Crippen LogP contribution in [-0.4, -0.2) is 5.97 Å². The zero-order valence-electron chi connectivity index (χ0n) is 11.5. The summed E-state index contributed by atoms with van der Waals surface area (Å²) in [6.45, 7) is 4.08. The molecule has 0 unspecified atom stereocenters. The molecule has 0 heterocycles. The molecule has 0 fully saturated rings. The summed E-state index contributed by atoms with van der Waals surface area (Å²) < 4.78 is 4.84. The highest BCUT2D eigenvalue weighted by atomic mass is 16.5. The third-order valence-electron chi connectivity index (χ3n) is 2.82. The molecule has 0 amide bonds. The molecule has 0 aromatic rings. The van der Waals surface area contributed by atoms with Crippen LogP contribution in [0.3, 0.4) is 0 Å². The fourth-order valence-electron chi connectivity index (χ4n) is 1.78. The van der Waals surface area contributed by atoms with Gasteiger partial charge in [-0.15, -0.1) is 0 Å². The predicted octanol–water partition coefficient (Wildman–Crippen LogP) is 4.98. The first kappa shape index (κ1) is 16.2. The summed E-state index contributed by atoms with van der Waals surface area (Å²) >= 11 is 0. The Hall–Kier alpha value is -0.790. The van der Waals surface area contributed by atoms with Crippen LogP contribution in [0, 0.1) is 0 Å². The summed E-state index contributed by atoms with van der Waals surface area (Å²) in [7, 11) is 0. The number of esters is 1. The SMILES string of the molecule is C/C=C/OC(=O)CCCCCCCCCCC. The standard InChI is InChI=1S/C15H28O2/c1-3-5-6-7-8-9-10-11-12-13-15(16)17-14-4-2/h4,14H,3,5-13H2,1-2H3/b14-4+. The van der Waals surface area contributed by atoms with E-state index in [-0.39, 0.29) is 5.97 Å². The topological polar surface area (TPSA) is 26.3 Å². The number of carbonyl (C=O) groups is 1. The van der Waals surface area contributed by atoms with Gasteiger partial charge in [-0.3, -0.25) is 4.79 Å². The molecular weight excluding hydrogens is 212 g/mol. The van der Waals surface area contributed by atoms with Crippen molar-refractivity contribution in [3.05, 3.63) is 12.3 Å². The van der Waals surface area contributed by atoms with Gasteiger partial charge in [-0.25, -0.2) is 0 Å². The summed E-state index contributed by atoms with van der Waals surface area (Å²) in [6, 6.07) is 0. The highest BCUT2D eigenvalue weighted by Crippen LogP contribution is 2.10. The van der Waals surface area contributed by atoms with Crippen LogP contribution in [0.1, 0.15) is 78.1 Å². The Bertz CT molecular complexity index is 197. The number of hydrogen-bond donors (Lipinski definition) is 0. The number of carbonyl (C=O) groups excluding carboxylic acids is 1. The Morgan fingerprint density at radius 1 is 0.941 bits per heavy atom. The second kappa shape index (κ2) is 13.3. The van der Waals surface area contributed by atoms with Crippen molar-refractivity contribution in [2.45, 2.75) is 78.1 Å². The average Bonchev–Trinajstić information content (AvgIpc) is 2.34. The summed E-state index contributed by atoms with van der Waals surface area (Å²) in [5.74, 6) is -0.106. The van der Waals surface area contributed by atoms with E-state index in [4.69, 9.17) is 4.74 Å². The maximum Gasteiger partial charge on any atom is 0.310 e. The summed E-state index contributed by atoms with van der Waals surface area (Å²) in [5, 5.41) is 0. The van der Waals surface area contributed by atoms with Crippen LogP contribution in [0.4, 0.5) is 0 Å². The smallest absolute Gasteiger partial charge is 0.310 e. The van der Waals surface area contributed by atoms with Gasteiger partial charge in [-0.1, -0.05) is 64.4 Å². The number of hydrogen-bond acceptors (Lipinski definition) is 2. The summed E-state index contributed by atoms with van der Waals surface area (Å²) in [4.78, 5) is 11.1. The van der Waals surface area contributed by atoms with Gasteiger partial charge in [0, 0.05) is 6.42 Å².